The molecule has 4 N–H and O–H groups in total. The van der Waals surface area contributed by atoms with Crippen molar-refractivity contribution in [1.29, 1.82) is 0 Å². The Labute approximate surface area is 236 Å². The van der Waals surface area contributed by atoms with Crippen molar-refractivity contribution in [3.63, 3.8) is 0 Å². The van der Waals surface area contributed by atoms with Gasteiger partial charge in [-0.2, -0.15) is 7.05 Å². The Bertz CT molecular complexity index is 788. The number of hydrogen-bond acceptors (Lipinski definition) is 3. The van der Waals surface area contributed by atoms with Gasteiger partial charge in [-0.1, -0.05) is 25.7 Å². The van der Waals surface area contributed by atoms with Crippen LogP contribution in [0.4, 0.5) is 0 Å². The molecule has 0 aliphatic heterocycles. The van der Waals surface area contributed by atoms with Gasteiger partial charge in [-0.25, -0.2) is 0 Å². The van der Waals surface area contributed by atoms with E-state index < -0.39 is 0 Å². The zero-order valence-corrected chi connectivity index (χ0v) is 25.0. The fourth-order valence-corrected chi connectivity index (χ4v) is 5.74. The minimum Gasteiger partial charge on any atom is -0.665 e. The molecular weight excluding hydrogens is 462 g/mol. The second-order valence-electron chi connectivity index (χ2n) is 9.80. The third-order valence-electron chi connectivity index (χ3n) is 7.71. The first-order chi connectivity index (χ1) is 14.3. The van der Waals surface area contributed by atoms with Crippen molar-refractivity contribution in [3.05, 3.63) is 38.6 Å². The summed E-state index contributed by atoms with van der Waals surface area (Å²) in [7, 11) is 1.91. The minimum atomic E-state index is -0.116. The summed E-state index contributed by atoms with van der Waals surface area (Å²) in [6.45, 7) is 7.15. The number of aromatic amines is 1. The summed E-state index contributed by atoms with van der Waals surface area (Å²) >= 11 is 0. The third kappa shape index (κ3) is 7.06. The first-order valence-electron chi connectivity index (χ1n) is 11.6. The van der Waals surface area contributed by atoms with Gasteiger partial charge in [0.05, 0.1) is 0 Å². The van der Waals surface area contributed by atoms with Crippen LogP contribution < -0.4 is 74.8 Å². The molecule has 0 spiro atoms. The van der Waals surface area contributed by atoms with E-state index in [0.717, 1.165) is 36.6 Å². The van der Waals surface area contributed by atoms with Gasteiger partial charge in [0.25, 0.3) is 5.56 Å². The van der Waals surface area contributed by atoms with Gasteiger partial charge in [0, 0.05) is 29.8 Å². The molecule has 2 aliphatic rings. The predicted molar refractivity (Wildman–Crippen MR) is 121 cm³/mol. The van der Waals surface area contributed by atoms with E-state index in [2.05, 4.69) is 22.5 Å². The third-order valence-corrected chi connectivity index (χ3v) is 7.71. The van der Waals surface area contributed by atoms with Crippen molar-refractivity contribution < 1.29 is 63.0 Å². The number of carbonyl (C=O) groups excluding carboxylic acids is 1. The number of nitrogens with zero attached hydrogens (tertiary/aromatic N) is 1. The van der Waals surface area contributed by atoms with Crippen LogP contribution in [0.2, 0.25) is 0 Å². The normalized spacial score (nSPS) is 31.0. The first-order valence-corrected chi connectivity index (χ1v) is 11.6. The van der Waals surface area contributed by atoms with E-state index in [1.54, 1.807) is 0 Å². The fraction of sp³-hybridized carbons (Fsp3) is 0.750. The summed E-state index contributed by atoms with van der Waals surface area (Å²) < 4.78 is 0. The van der Waals surface area contributed by atoms with Gasteiger partial charge in [-0.3, -0.25) is 9.59 Å². The standard InChI is InChI=1S/C24H39N4O2.Rb/c1-14-9-15(2)28-24(30)21(14)13-27-23(29)20-10-19(11-22(25)16(20)3)18-7-5-17(6-8-18)12-26-4;/h9,16-20,22H,5-8,10-13,25H2,1-4H3,(H,27,29)(H,28,30);/q-1;+1. The molecule has 6 nitrogen and oxygen atoms in total. The molecular formula is C24H39N4O2Rb. The monoisotopic (exact) mass is 500 g/mol. The number of aromatic nitrogens is 1. The van der Waals surface area contributed by atoms with E-state index >= 15 is 0 Å². The van der Waals surface area contributed by atoms with Crippen LogP contribution in [0, 0.1) is 43.4 Å². The van der Waals surface area contributed by atoms with Gasteiger partial charge in [0.15, 0.2) is 0 Å². The molecule has 168 valence electrons. The van der Waals surface area contributed by atoms with Gasteiger partial charge in [-0.05, 0) is 68.9 Å². The summed E-state index contributed by atoms with van der Waals surface area (Å²) in [6, 6.07) is 2.01. The number of aryl methyl sites for hydroxylation is 2. The van der Waals surface area contributed by atoms with Crippen LogP contribution in [-0.2, 0) is 11.3 Å². The van der Waals surface area contributed by atoms with E-state index in [1.807, 2.05) is 27.0 Å². The summed E-state index contributed by atoms with van der Waals surface area (Å²) in [6.07, 6.45) is 6.90. The Morgan fingerprint density at radius 1 is 1.19 bits per heavy atom. The van der Waals surface area contributed by atoms with Gasteiger partial charge in [0.2, 0.25) is 5.91 Å². The van der Waals surface area contributed by atoms with Crippen LogP contribution in [-0.4, -0.2) is 30.5 Å². The van der Waals surface area contributed by atoms with Gasteiger partial charge in [0.1, 0.15) is 0 Å². The molecule has 1 amide bonds. The smallest absolute Gasteiger partial charge is 0.665 e. The van der Waals surface area contributed by atoms with Crippen LogP contribution in [0.25, 0.3) is 5.32 Å². The zero-order chi connectivity index (χ0) is 21.8. The molecule has 0 saturated heterocycles. The molecule has 2 aliphatic carbocycles. The maximum Gasteiger partial charge on any atom is 1.00 e. The molecule has 31 heavy (non-hydrogen) atoms. The van der Waals surface area contributed by atoms with E-state index in [1.165, 1.54) is 25.7 Å². The molecule has 2 fully saturated rings. The molecule has 2 saturated carbocycles. The zero-order valence-electron chi connectivity index (χ0n) is 20.0. The summed E-state index contributed by atoms with van der Waals surface area (Å²) in [5.41, 5.74) is 8.77. The molecule has 0 aromatic carbocycles. The Kier molecular flexibility index (Phi) is 11.1. The Hall–Kier alpha value is 0.145. The van der Waals surface area contributed by atoms with Crippen molar-refractivity contribution in [1.82, 2.24) is 10.3 Å². The molecule has 0 bridgehead atoms. The number of rotatable bonds is 6. The van der Waals surface area contributed by atoms with Crippen LogP contribution in [0.15, 0.2) is 10.9 Å². The average Bonchev–Trinajstić information content (AvgIpc) is 2.69. The summed E-state index contributed by atoms with van der Waals surface area (Å²) in [5, 5.41) is 7.36. The Morgan fingerprint density at radius 2 is 1.87 bits per heavy atom. The largest absolute Gasteiger partial charge is 1.00 e. The number of nitrogens with two attached hydrogens (primary N) is 1. The summed E-state index contributed by atoms with van der Waals surface area (Å²) in [5.74, 6) is 2.06. The van der Waals surface area contributed by atoms with Crippen molar-refractivity contribution in [2.45, 2.75) is 71.9 Å². The summed E-state index contributed by atoms with van der Waals surface area (Å²) in [4.78, 5) is 28.2. The van der Waals surface area contributed by atoms with Gasteiger partial charge >= 0.3 is 58.2 Å². The van der Waals surface area contributed by atoms with Crippen LogP contribution >= 0.6 is 0 Å². The maximum absolute atomic E-state index is 13.1. The van der Waals surface area contributed by atoms with Crippen LogP contribution in [0.1, 0.15) is 62.3 Å². The van der Waals surface area contributed by atoms with Gasteiger partial charge < -0.3 is 21.4 Å². The first kappa shape index (κ1) is 27.4. The topological polar surface area (TPSA) is 102 Å². The molecule has 1 aromatic rings. The Balaban J connectivity index is 0.00000341. The minimum absolute atomic E-state index is 0. The quantitative estimate of drug-likeness (QED) is 0.527. The average molecular weight is 501 g/mol. The van der Waals surface area contributed by atoms with E-state index in [4.69, 9.17) is 5.73 Å². The maximum atomic E-state index is 13.1. The van der Waals surface area contributed by atoms with Crippen molar-refractivity contribution >= 4 is 5.91 Å². The number of pyridine rings is 1. The van der Waals surface area contributed by atoms with Crippen molar-refractivity contribution in [2.75, 3.05) is 13.6 Å². The number of carbonyl (C=O) groups is 1. The molecule has 0 radical (unpaired) electrons. The molecule has 4 atom stereocenters. The van der Waals surface area contributed by atoms with Crippen LogP contribution in [0.5, 0.6) is 0 Å². The molecule has 7 heteroatoms. The number of hydrogen-bond donors (Lipinski definition) is 3. The SMILES string of the molecule is C[N-]CC1CCC(C2CC(N)C(C)C(C(=O)NCc3c(C)cc(C)[nH]c3=O)C2)CC1.[Rb+]. The number of H-pyrrole nitrogens is 1. The van der Waals surface area contributed by atoms with Crippen LogP contribution in [0.3, 0.4) is 0 Å². The second-order valence-corrected chi connectivity index (χ2v) is 9.80. The van der Waals surface area contributed by atoms with E-state index in [0.29, 0.717) is 17.4 Å². The molecule has 1 aromatic heterocycles. The van der Waals surface area contributed by atoms with Crippen molar-refractivity contribution in [2.24, 2.45) is 35.3 Å². The van der Waals surface area contributed by atoms with Gasteiger partial charge in [-0.15, -0.1) is 6.54 Å². The van der Waals surface area contributed by atoms with Crippen molar-refractivity contribution in [3.8, 4) is 0 Å². The number of nitrogens with one attached hydrogen (secondary N) is 2. The predicted octanol–water partition coefficient (Wildman–Crippen LogP) is 0.411. The second kappa shape index (κ2) is 12.6. The molecule has 1 heterocycles. The number of amides is 1. The fourth-order valence-electron chi connectivity index (χ4n) is 5.74. The molecule has 4 unspecified atom stereocenters. The Morgan fingerprint density at radius 3 is 2.48 bits per heavy atom. The van der Waals surface area contributed by atoms with E-state index in [-0.39, 0.29) is 94.1 Å². The molecule has 3 rings (SSSR count). The van der Waals surface area contributed by atoms with E-state index in [9.17, 15) is 9.59 Å².